The summed E-state index contributed by atoms with van der Waals surface area (Å²) in [7, 11) is 0. The summed E-state index contributed by atoms with van der Waals surface area (Å²) in [5.74, 6) is 0. The molecule has 1 unspecified atom stereocenters. The molecule has 0 fully saturated rings. The minimum atomic E-state index is -0.638. The molecule has 1 heterocycles. The maximum absolute atomic E-state index is 2.54. The average Bonchev–Trinajstić information content (AvgIpc) is 3.97. The van der Waals surface area contributed by atoms with Gasteiger partial charge in [0, 0.05) is 54.2 Å². The monoisotopic (exact) mass is 806 g/mol. The van der Waals surface area contributed by atoms with Crippen LogP contribution in [-0.2, 0) is 5.41 Å². The van der Waals surface area contributed by atoms with Crippen LogP contribution in [0.3, 0.4) is 0 Å². The molecule has 0 saturated heterocycles. The van der Waals surface area contributed by atoms with Gasteiger partial charge in [-0.05, 0) is 123 Å². The van der Waals surface area contributed by atoms with E-state index in [1.165, 1.54) is 81.1 Å². The molecule has 0 N–H and O–H groups in total. The zero-order chi connectivity index (χ0) is 40.8. The number of anilines is 6. The van der Waals surface area contributed by atoms with E-state index in [1.807, 2.05) is 11.3 Å². The molecular weight excluding hydrogens is 769 g/mol. The van der Waals surface area contributed by atoms with Gasteiger partial charge in [-0.3, -0.25) is 0 Å². The van der Waals surface area contributed by atoms with E-state index in [1.54, 1.807) is 0 Å². The largest absolute Gasteiger partial charge is 0.310 e. The smallest absolute Gasteiger partial charge is 0.0747 e. The van der Waals surface area contributed by atoms with Crippen LogP contribution in [0.15, 0.2) is 231 Å². The van der Waals surface area contributed by atoms with Crippen LogP contribution in [0, 0.1) is 0 Å². The zero-order valence-corrected chi connectivity index (χ0v) is 34.6. The highest BCUT2D eigenvalue weighted by atomic mass is 32.1. The van der Waals surface area contributed by atoms with Crippen molar-refractivity contribution in [2.45, 2.75) is 5.41 Å². The predicted octanol–water partition coefficient (Wildman–Crippen LogP) is 16.5. The summed E-state index contributed by atoms with van der Waals surface area (Å²) >= 11 is 1.87. The lowest BCUT2D eigenvalue weighted by Crippen LogP contribution is -2.28. The molecule has 13 rings (SSSR count). The Labute approximate surface area is 364 Å². The summed E-state index contributed by atoms with van der Waals surface area (Å²) in [4.78, 5) is 4.93. The first kappa shape index (κ1) is 35.1. The van der Waals surface area contributed by atoms with Gasteiger partial charge in [0.15, 0.2) is 0 Å². The quantitative estimate of drug-likeness (QED) is 0.165. The van der Waals surface area contributed by atoms with Crippen molar-refractivity contribution in [2.24, 2.45) is 0 Å². The lowest BCUT2D eigenvalue weighted by molar-refractivity contribution is 0.793. The first-order chi connectivity index (χ1) is 30.8. The van der Waals surface area contributed by atoms with E-state index in [4.69, 9.17) is 0 Å². The van der Waals surface area contributed by atoms with E-state index in [-0.39, 0.29) is 0 Å². The van der Waals surface area contributed by atoms with Crippen LogP contribution >= 0.6 is 11.3 Å². The Balaban J connectivity index is 1.16. The Hall–Kier alpha value is -7.72. The number of para-hydroxylation sites is 3. The minimum absolute atomic E-state index is 0.638. The van der Waals surface area contributed by atoms with Gasteiger partial charge in [0.1, 0.15) is 0 Å². The molecule has 1 spiro atoms. The third kappa shape index (κ3) is 4.97. The highest BCUT2D eigenvalue weighted by molar-refractivity contribution is 7.25. The Morgan fingerprint density at radius 3 is 1.56 bits per heavy atom. The Morgan fingerprint density at radius 1 is 0.323 bits per heavy atom. The highest BCUT2D eigenvalue weighted by Gasteiger charge is 2.54. The van der Waals surface area contributed by atoms with Crippen LogP contribution in [0.5, 0.6) is 0 Å². The molecule has 1 atom stereocenters. The second-order valence-electron chi connectivity index (χ2n) is 16.4. The van der Waals surface area contributed by atoms with Gasteiger partial charge in [-0.1, -0.05) is 158 Å². The fourth-order valence-corrected chi connectivity index (χ4v) is 11.9. The molecule has 0 aliphatic heterocycles. The summed E-state index contributed by atoms with van der Waals surface area (Å²) < 4.78 is 2.59. The zero-order valence-electron chi connectivity index (χ0n) is 33.7. The van der Waals surface area contributed by atoms with Crippen molar-refractivity contribution in [2.75, 3.05) is 9.80 Å². The van der Waals surface area contributed by atoms with Crippen molar-refractivity contribution < 1.29 is 0 Å². The summed E-state index contributed by atoms with van der Waals surface area (Å²) in [5, 5.41) is 5.08. The first-order valence-corrected chi connectivity index (χ1v) is 22.2. The van der Waals surface area contributed by atoms with Crippen LogP contribution in [0.1, 0.15) is 22.3 Å². The molecule has 0 amide bonds. The number of hydrogen-bond donors (Lipinski definition) is 0. The van der Waals surface area contributed by atoms with Gasteiger partial charge < -0.3 is 9.80 Å². The summed E-state index contributed by atoms with van der Waals surface area (Å²) in [5.41, 5.74) is 16.5. The van der Waals surface area contributed by atoms with Crippen molar-refractivity contribution in [1.29, 1.82) is 0 Å². The van der Waals surface area contributed by atoms with E-state index in [2.05, 4.69) is 240 Å². The number of rotatable bonds is 6. The maximum Gasteiger partial charge on any atom is 0.0747 e. The highest BCUT2D eigenvalue weighted by Crippen LogP contribution is 2.67. The molecule has 2 nitrogen and oxygen atoms in total. The third-order valence-corrected chi connectivity index (χ3v) is 14.3. The van der Waals surface area contributed by atoms with Gasteiger partial charge >= 0.3 is 0 Å². The van der Waals surface area contributed by atoms with Gasteiger partial charge in [0.25, 0.3) is 0 Å². The summed E-state index contributed by atoms with van der Waals surface area (Å²) in [6, 6.07) is 85.4. The number of hydrogen-bond acceptors (Lipinski definition) is 3. The summed E-state index contributed by atoms with van der Waals surface area (Å²) in [6.45, 7) is 0. The molecule has 1 aromatic heterocycles. The van der Waals surface area contributed by atoms with Crippen molar-refractivity contribution in [3.05, 3.63) is 253 Å². The van der Waals surface area contributed by atoms with Gasteiger partial charge in [-0.2, -0.15) is 0 Å². The second kappa shape index (κ2) is 13.7. The second-order valence-corrected chi connectivity index (χ2v) is 17.5. The molecule has 290 valence electrons. The molecule has 0 bridgehead atoms. The predicted molar refractivity (Wildman–Crippen MR) is 263 cm³/mol. The van der Waals surface area contributed by atoms with Gasteiger partial charge in [0.2, 0.25) is 0 Å². The van der Waals surface area contributed by atoms with Crippen LogP contribution in [0.2, 0.25) is 0 Å². The van der Waals surface area contributed by atoms with Gasteiger partial charge in [-0.15, -0.1) is 11.3 Å². The molecule has 0 saturated carbocycles. The lowest BCUT2D eigenvalue weighted by atomic mass is 9.69. The fraction of sp³-hybridized carbons (Fsp3) is 0.0169. The van der Waals surface area contributed by atoms with Crippen LogP contribution in [-0.4, -0.2) is 0 Å². The van der Waals surface area contributed by atoms with E-state index < -0.39 is 5.41 Å². The van der Waals surface area contributed by atoms with Crippen LogP contribution < -0.4 is 9.80 Å². The first-order valence-electron chi connectivity index (χ1n) is 21.3. The minimum Gasteiger partial charge on any atom is -0.310 e. The van der Waals surface area contributed by atoms with Crippen LogP contribution in [0.25, 0.3) is 53.2 Å². The average molecular weight is 807 g/mol. The molecule has 0 radical (unpaired) electrons. The number of benzene rings is 10. The maximum atomic E-state index is 2.54. The topological polar surface area (TPSA) is 6.48 Å². The standard InChI is InChI=1S/C59H38N2S/c1-4-19-40(20-5-1)60(41-21-6-2-7-22-41)43-32-34-47-46-26-12-15-29-51(46)59(53(47)37-43)52-30-16-13-28-50(52)57-45-25-11-10-18-39(45)36-54(58(57)59)61(42-23-8-3-9-24-42)44-33-35-49-48-27-14-17-31-55(48)62-56(49)38-44/h1-38H. The normalized spacial score (nSPS) is 14.5. The molecule has 3 heteroatoms. The van der Waals surface area contributed by atoms with E-state index >= 15 is 0 Å². The fourth-order valence-electron chi connectivity index (χ4n) is 10.8. The summed E-state index contributed by atoms with van der Waals surface area (Å²) in [6.07, 6.45) is 0. The van der Waals surface area contributed by atoms with Crippen molar-refractivity contribution in [3.63, 3.8) is 0 Å². The Morgan fingerprint density at radius 2 is 0.839 bits per heavy atom. The van der Waals surface area contributed by atoms with E-state index in [9.17, 15) is 0 Å². The third-order valence-electron chi connectivity index (χ3n) is 13.2. The van der Waals surface area contributed by atoms with E-state index in [0.717, 1.165) is 28.4 Å². The van der Waals surface area contributed by atoms with Gasteiger partial charge in [-0.25, -0.2) is 0 Å². The van der Waals surface area contributed by atoms with Crippen molar-refractivity contribution in [3.8, 4) is 22.3 Å². The molecular formula is C59H38N2S. The van der Waals surface area contributed by atoms with Crippen molar-refractivity contribution >= 4 is 76.4 Å². The lowest BCUT2D eigenvalue weighted by Gasteiger charge is -2.36. The number of thiophene rings is 1. The molecule has 2 aliphatic carbocycles. The number of nitrogens with zero attached hydrogens (tertiary/aromatic N) is 2. The Kier molecular flexibility index (Phi) is 7.72. The van der Waals surface area contributed by atoms with Crippen LogP contribution in [0.4, 0.5) is 34.1 Å². The molecule has 11 aromatic rings. The molecule has 62 heavy (non-hydrogen) atoms. The Bertz CT molecular complexity index is 3500. The van der Waals surface area contributed by atoms with Crippen molar-refractivity contribution in [1.82, 2.24) is 0 Å². The number of fused-ring (bicyclic) bond motifs is 15. The van der Waals surface area contributed by atoms with Gasteiger partial charge in [0.05, 0.1) is 11.1 Å². The SMILES string of the molecule is c1ccc(N(c2ccccc2)c2ccc3c(c2)C2(c4ccccc4-3)c3ccccc3-c3c2c(N(c2ccccc2)c2ccc4c(c2)sc2ccccc24)cc2ccccc32)cc1. The van der Waals surface area contributed by atoms with E-state index in [0.29, 0.717) is 0 Å². The molecule has 10 aromatic carbocycles. The molecule has 2 aliphatic rings.